The van der Waals surface area contributed by atoms with E-state index in [4.69, 9.17) is 37.0 Å². The van der Waals surface area contributed by atoms with Crippen molar-refractivity contribution < 1.29 is 80.2 Å². The number of ether oxygens (including phenoxy) is 4. The predicted molar refractivity (Wildman–Crippen MR) is 437 cm³/mol. The third-order valence-electron chi connectivity index (χ3n) is 20.9. The summed E-state index contributed by atoms with van der Waals surface area (Å²) in [4.78, 5) is 73.3. The van der Waals surface area contributed by atoms with E-state index in [0.717, 1.165) is 95.8 Å². The SMILES string of the molecule is CCCCCCCCCCCCCCCCCCCCCCC(=O)O[C@H](COC(=O)CCCCCCCCCCCCCCCCCCC)COP(=O)(O)OC[C@@H](O)COP(=O)(O)OC[C@@H](COC(=O)CCCCCCCCCCC(C)CC)OC(=O)CCCCCCCCCCCCCCCCCCC. The van der Waals surface area contributed by atoms with Crippen LogP contribution in [0.25, 0.3) is 0 Å². The summed E-state index contributed by atoms with van der Waals surface area (Å²) in [5.41, 5.74) is 0. The van der Waals surface area contributed by atoms with Gasteiger partial charge in [-0.15, -0.1) is 0 Å². The molecule has 0 saturated carbocycles. The van der Waals surface area contributed by atoms with Gasteiger partial charge in [-0.05, 0) is 31.6 Å². The van der Waals surface area contributed by atoms with Gasteiger partial charge < -0.3 is 33.8 Å². The Morgan fingerprint density at radius 2 is 0.453 bits per heavy atom. The van der Waals surface area contributed by atoms with Gasteiger partial charge in [0.25, 0.3) is 0 Å². The van der Waals surface area contributed by atoms with E-state index in [1.807, 2.05) is 0 Å². The number of hydrogen-bond acceptors (Lipinski definition) is 15. The molecule has 0 spiro atoms. The lowest BCUT2D eigenvalue weighted by Gasteiger charge is -2.21. The van der Waals surface area contributed by atoms with Gasteiger partial charge in [-0.1, -0.05) is 420 Å². The molecule has 630 valence electrons. The maximum atomic E-state index is 13.2. The Morgan fingerprint density at radius 1 is 0.264 bits per heavy atom. The molecule has 0 aliphatic rings. The molecule has 0 aromatic rings. The van der Waals surface area contributed by atoms with E-state index in [1.54, 1.807) is 0 Å². The van der Waals surface area contributed by atoms with Crippen molar-refractivity contribution >= 4 is 39.5 Å². The monoisotopic (exact) mass is 1550 g/mol. The molecule has 0 bridgehead atoms. The summed E-state index contributed by atoms with van der Waals surface area (Å²) in [6, 6.07) is 0. The zero-order valence-electron chi connectivity index (χ0n) is 69.6. The van der Waals surface area contributed by atoms with Crippen LogP contribution in [0.3, 0.4) is 0 Å². The molecular weight excluding hydrogens is 1380 g/mol. The van der Waals surface area contributed by atoms with Crippen molar-refractivity contribution in [3.63, 3.8) is 0 Å². The smallest absolute Gasteiger partial charge is 0.462 e. The van der Waals surface area contributed by atoms with Crippen LogP contribution in [0, 0.1) is 5.92 Å². The topological polar surface area (TPSA) is 237 Å². The van der Waals surface area contributed by atoms with E-state index < -0.39 is 97.5 Å². The molecule has 106 heavy (non-hydrogen) atoms. The van der Waals surface area contributed by atoms with E-state index in [1.165, 1.54) is 295 Å². The molecule has 0 radical (unpaired) electrons. The van der Waals surface area contributed by atoms with Crippen molar-refractivity contribution in [2.45, 2.75) is 490 Å². The lowest BCUT2D eigenvalue weighted by atomic mass is 9.99. The van der Waals surface area contributed by atoms with E-state index in [9.17, 15) is 43.2 Å². The first kappa shape index (κ1) is 104. The second-order valence-electron chi connectivity index (χ2n) is 31.5. The summed E-state index contributed by atoms with van der Waals surface area (Å²) < 4.78 is 69.0. The molecule has 3 N–H and O–H groups in total. The number of rotatable bonds is 87. The van der Waals surface area contributed by atoms with Crippen molar-refractivity contribution in [2.75, 3.05) is 39.6 Å². The Morgan fingerprint density at radius 3 is 0.670 bits per heavy atom. The van der Waals surface area contributed by atoms with Gasteiger partial charge in [-0.25, -0.2) is 9.13 Å². The molecule has 0 saturated heterocycles. The number of hydrogen-bond donors (Lipinski definition) is 3. The molecule has 0 fully saturated rings. The summed E-state index contributed by atoms with van der Waals surface area (Å²) in [5.74, 6) is -1.32. The number of aliphatic hydroxyl groups is 1. The maximum absolute atomic E-state index is 13.2. The minimum absolute atomic E-state index is 0.109. The number of aliphatic hydroxyl groups excluding tert-OH is 1. The Kier molecular flexibility index (Phi) is 78.2. The van der Waals surface area contributed by atoms with Crippen LogP contribution >= 0.6 is 15.6 Å². The molecule has 19 heteroatoms. The molecule has 0 aliphatic heterocycles. The molecule has 17 nitrogen and oxygen atoms in total. The highest BCUT2D eigenvalue weighted by atomic mass is 31.2. The molecule has 6 atom stereocenters. The number of unbranched alkanes of at least 4 members (excludes halogenated alkanes) is 58. The first-order valence-corrected chi connectivity index (χ1v) is 48.2. The Balaban J connectivity index is 5.25. The fourth-order valence-corrected chi connectivity index (χ4v) is 15.2. The van der Waals surface area contributed by atoms with Gasteiger partial charge in [0.2, 0.25) is 0 Å². The standard InChI is InChI=1S/C87H170O17P2/c1-6-10-13-16-19-22-25-28-31-34-35-36-39-42-45-48-51-58-63-68-72-86(91)103-82(76-97-84(89)70-65-60-55-49-46-43-40-37-32-29-26-23-20-17-14-11-7-2)78-101-105(93,94)99-74-81(88)75-100-106(95,96)102-79-83(77-98-85(90)71-66-61-56-53-52-54-59-64-69-80(5)9-4)104-87(92)73-67-62-57-50-47-44-41-38-33-30-27-24-21-18-15-12-8-3/h80-83,88H,6-79H2,1-5H3,(H,93,94)(H,95,96)/t80?,81-,82-,83-/m1/s1. The third kappa shape index (κ3) is 78.7. The van der Waals surface area contributed by atoms with Crippen LogP contribution in [-0.2, 0) is 65.4 Å². The van der Waals surface area contributed by atoms with Gasteiger partial charge in [0.05, 0.1) is 26.4 Å². The molecular formula is C87H170O17P2. The van der Waals surface area contributed by atoms with Crippen LogP contribution in [0.1, 0.15) is 471 Å². The molecule has 0 aromatic heterocycles. The summed E-state index contributed by atoms with van der Waals surface area (Å²) >= 11 is 0. The van der Waals surface area contributed by atoms with Gasteiger partial charge in [-0.2, -0.15) is 0 Å². The van der Waals surface area contributed by atoms with Crippen molar-refractivity contribution in [2.24, 2.45) is 5.92 Å². The highest BCUT2D eigenvalue weighted by Crippen LogP contribution is 2.45. The van der Waals surface area contributed by atoms with Crippen LogP contribution < -0.4 is 0 Å². The first-order chi connectivity index (χ1) is 51.6. The van der Waals surface area contributed by atoms with Gasteiger partial charge in [0, 0.05) is 25.7 Å². The van der Waals surface area contributed by atoms with E-state index in [2.05, 4.69) is 34.6 Å². The summed E-state index contributed by atoms with van der Waals surface area (Å²) in [5, 5.41) is 10.7. The predicted octanol–water partition coefficient (Wildman–Crippen LogP) is 26.8. The van der Waals surface area contributed by atoms with Crippen LogP contribution in [0.5, 0.6) is 0 Å². The average molecular weight is 1550 g/mol. The average Bonchev–Trinajstić information content (AvgIpc) is 0.900. The van der Waals surface area contributed by atoms with E-state index >= 15 is 0 Å². The van der Waals surface area contributed by atoms with Gasteiger partial charge in [0.15, 0.2) is 12.2 Å². The highest BCUT2D eigenvalue weighted by molar-refractivity contribution is 7.47. The van der Waals surface area contributed by atoms with Gasteiger partial charge in [0.1, 0.15) is 19.3 Å². The lowest BCUT2D eigenvalue weighted by Crippen LogP contribution is -2.30. The molecule has 0 rings (SSSR count). The molecule has 0 aliphatic carbocycles. The number of phosphoric ester groups is 2. The lowest BCUT2D eigenvalue weighted by molar-refractivity contribution is -0.161. The van der Waals surface area contributed by atoms with Crippen molar-refractivity contribution in [3.05, 3.63) is 0 Å². The second-order valence-corrected chi connectivity index (χ2v) is 34.4. The highest BCUT2D eigenvalue weighted by Gasteiger charge is 2.30. The second kappa shape index (κ2) is 79.7. The Labute approximate surface area is 651 Å². The number of phosphoric acid groups is 2. The number of carbonyl (C=O) groups is 4. The van der Waals surface area contributed by atoms with Crippen molar-refractivity contribution in [3.8, 4) is 0 Å². The minimum Gasteiger partial charge on any atom is -0.462 e. The third-order valence-corrected chi connectivity index (χ3v) is 22.8. The number of esters is 4. The maximum Gasteiger partial charge on any atom is 0.472 e. The van der Waals surface area contributed by atoms with Crippen molar-refractivity contribution in [1.29, 1.82) is 0 Å². The minimum atomic E-state index is -4.97. The van der Waals surface area contributed by atoms with Crippen LogP contribution in [0.15, 0.2) is 0 Å². The summed E-state index contributed by atoms with van der Waals surface area (Å²) in [7, 11) is -9.93. The van der Waals surface area contributed by atoms with E-state index in [0.29, 0.717) is 25.7 Å². The Bertz CT molecular complexity index is 2020. The molecule has 0 heterocycles. The van der Waals surface area contributed by atoms with Crippen LogP contribution in [0.4, 0.5) is 0 Å². The molecule has 0 aromatic carbocycles. The first-order valence-electron chi connectivity index (χ1n) is 45.2. The quantitative estimate of drug-likeness (QED) is 0.0222. The molecule has 0 amide bonds. The zero-order chi connectivity index (χ0) is 77.6. The normalized spacial score (nSPS) is 14.0. The van der Waals surface area contributed by atoms with Crippen LogP contribution in [0.2, 0.25) is 0 Å². The molecule has 3 unspecified atom stereocenters. The number of carbonyl (C=O) groups excluding carboxylic acids is 4. The van der Waals surface area contributed by atoms with Gasteiger partial charge >= 0.3 is 39.5 Å². The zero-order valence-corrected chi connectivity index (χ0v) is 71.4. The van der Waals surface area contributed by atoms with Crippen LogP contribution in [-0.4, -0.2) is 96.7 Å². The largest absolute Gasteiger partial charge is 0.472 e. The summed E-state index contributed by atoms with van der Waals surface area (Å²) in [6.07, 6.45) is 73.5. The van der Waals surface area contributed by atoms with Gasteiger partial charge in [-0.3, -0.25) is 37.3 Å². The van der Waals surface area contributed by atoms with Crippen molar-refractivity contribution in [1.82, 2.24) is 0 Å². The Hall–Kier alpha value is -1.94. The fraction of sp³-hybridized carbons (Fsp3) is 0.954. The fourth-order valence-electron chi connectivity index (χ4n) is 13.6. The summed E-state index contributed by atoms with van der Waals surface area (Å²) in [6.45, 7) is 7.38. The van der Waals surface area contributed by atoms with E-state index in [-0.39, 0.29) is 25.7 Å².